The molecular weight excluding hydrogens is 362 g/mol. The number of nitrogens with one attached hydrogen (secondary N) is 2. The average Bonchev–Trinajstić information content (AvgIpc) is 2.61. The zero-order chi connectivity index (χ0) is 18.7. The van der Waals surface area contributed by atoms with Crippen LogP contribution in [0.5, 0.6) is 0 Å². The van der Waals surface area contributed by atoms with E-state index in [1.54, 1.807) is 18.2 Å². The van der Waals surface area contributed by atoms with Crippen molar-refractivity contribution in [3.63, 3.8) is 0 Å². The smallest absolute Gasteiger partial charge is 0.275 e. The molecule has 0 atom stereocenters. The van der Waals surface area contributed by atoms with E-state index in [0.717, 1.165) is 17.7 Å². The Hall–Kier alpha value is -3.06. The van der Waals surface area contributed by atoms with Gasteiger partial charge in [0.05, 0.1) is 12.4 Å². The summed E-state index contributed by atoms with van der Waals surface area (Å²) in [4.78, 5) is 20.3. The number of aryl methyl sites for hydroxylation is 1. The number of carbonyl (C=O) groups is 1. The quantitative estimate of drug-likeness (QED) is 0.694. The van der Waals surface area contributed by atoms with Crippen LogP contribution in [0.4, 0.5) is 26.0 Å². The van der Waals surface area contributed by atoms with Crippen LogP contribution in [-0.4, -0.2) is 15.9 Å². The molecule has 0 radical (unpaired) electrons. The van der Waals surface area contributed by atoms with Gasteiger partial charge in [-0.15, -0.1) is 0 Å². The molecular formula is C18H13ClF2N4O. The van der Waals surface area contributed by atoms with E-state index in [9.17, 15) is 13.6 Å². The second-order valence-corrected chi connectivity index (χ2v) is 5.89. The molecule has 0 aliphatic carbocycles. The SMILES string of the molecule is Cc1cc(Cl)ccc1NC(=O)c1cnc(Nc2ccc(F)c(F)c2)cn1. The van der Waals surface area contributed by atoms with E-state index in [1.807, 2.05) is 6.92 Å². The predicted molar refractivity (Wildman–Crippen MR) is 95.8 cm³/mol. The Morgan fingerprint density at radius 2 is 1.85 bits per heavy atom. The minimum absolute atomic E-state index is 0.107. The van der Waals surface area contributed by atoms with Crippen molar-refractivity contribution in [2.75, 3.05) is 10.6 Å². The maximum Gasteiger partial charge on any atom is 0.275 e. The fourth-order valence-corrected chi connectivity index (χ4v) is 2.41. The van der Waals surface area contributed by atoms with Crippen molar-refractivity contribution >= 4 is 34.7 Å². The van der Waals surface area contributed by atoms with Gasteiger partial charge in [-0.1, -0.05) is 11.6 Å². The number of anilines is 3. The van der Waals surface area contributed by atoms with Crippen LogP contribution < -0.4 is 10.6 Å². The molecule has 8 heteroatoms. The van der Waals surface area contributed by atoms with Crippen molar-refractivity contribution in [3.8, 4) is 0 Å². The molecule has 0 bridgehead atoms. The standard InChI is InChI=1S/C18H13ClF2N4O/c1-10-6-11(19)2-5-15(10)25-18(26)16-8-23-17(9-22-16)24-12-3-4-13(20)14(21)7-12/h2-9H,1H3,(H,23,24)(H,25,26). The first-order valence-corrected chi connectivity index (χ1v) is 7.92. The zero-order valence-electron chi connectivity index (χ0n) is 13.6. The monoisotopic (exact) mass is 374 g/mol. The summed E-state index contributed by atoms with van der Waals surface area (Å²) in [6.45, 7) is 1.82. The van der Waals surface area contributed by atoms with E-state index >= 15 is 0 Å². The van der Waals surface area contributed by atoms with Gasteiger partial charge in [0.1, 0.15) is 11.5 Å². The summed E-state index contributed by atoms with van der Waals surface area (Å²) in [7, 11) is 0. The van der Waals surface area contributed by atoms with Crippen LogP contribution in [0.3, 0.4) is 0 Å². The van der Waals surface area contributed by atoms with Gasteiger partial charge in [-0.3, -0.25) is 4.79 Å². The van der Waals surface area contributed by atoms with Gasteiger partial charge in [-0.2, -0.15) is 0 Å². The lowest BCUT2D eigenvalue weighted by atomic mass is 10.2. The number of halogens is 3. The Morgan fingerprint density at radius 3 is 2.50 bits per heavy atom. The summed E-state index contributed by atoms with van der Waals surface area (Å²) in [5.74, 6) is -2.05. The Balaban J connectivity index is 1.70. The molecule has 2 aromatic carbocycles. The van der Waals surface area contributed by atoms with Gasteiger partial charge in [-0.25, -0.2) is 18.7 Å². The Morgan fingerprint density at radius 1 is 1.04 bits per heavy atom. The third-order valence-electron chi connectivity index (χ3n) is 3.51. The summed E-state index contributed by atoms with van der Waals surface area (Å²) >= 11 is 5.89. The molecule has 132 valence electrons. The lowest BCUT2D eigenvalue weighted by molar-refractivity contribution is 0.102. The molecule has 3 aromatic rings. The van der Waals surface area contributed by atoms with E-state index in [4.69, 9.17) is 11.6 Å². The molecule has 1 aromatic heterocycles. The highest BCUT2D eigenvalue weighted by Gasteiger charge is 2.11. The predicted octanol–water partition coefficient (Wildman–Crippen LogP) is 4.71. The summed E-state index contributed by atoms with van der Waals surface area (Å²) < 4.78 is 26.1. The van der Waals surface area contributed by atoms with E-state index in [1.165, 1.54) is 18.5 Å². The number of aromatic nitrogens is 2. The topological polar surface area (TPSA) is 66.9 Å². The summed E-state index contributed by atoms with van der Waals surface area (Å²) in [5, 5.41) is 6.08. The van der Waals surface area contributed by atoms with Gasteiger partial charge >= 0.3 is 0 Å². The van der Waals surface area contributed by atoms with Crippen LogP contribution >= 0.6 is 11.6 Å². The van der Waals surface area contributed by atoms with Crippen molar-refractivity contribution in [1.29, 1.82) is 0 Å². The fourth-order valence-electron chi connectivity index (χ4n) is 2.19. The first-order chi connectivity index (χ1) is 12.4. The van der Waals surface area contributed by atoms with Gasteiger partial charge in [0.2, 0.25) is 0 Å². The average molecular weight is 375 g/mol. The maximum atomic E-state index is 13.2. The van der Waals surface area contributed by atoms with E-state index in [2.05, 4.69) is 20.6 Å². The van der Waals surface area contributed by atoms with Crippen LogP contribution in [0, 0.1) is 18.6 Å². The van der Waals surface area contributed by atoms with Crippen LogP contribution in [0.25, 0.3) is 0 Å². The van der Waals surface area contributed by atoms with Crippen LogP contribution in [0.15, 0.2) is 48.8 Å². The number of carbonyl (C=O) groups excluding carboxylic acids is 1. The molecule has 0 aliphatic rings. The van der Waals surface area contributed by atoms with Gasteiger partial charge in [0, 0.05) is 22.5 Å². The Kier molecular flexibility index (Phi) is 5.09. The van der Waals surface area contributed by atoms with Crippen molar-refractivity contribution in [1.82, 2.24) is 9.97 Å². The molecule has 0 unspecified atom stereocenters. The first kappa shape index (κ1) is 17.8. The molecule has 0 saturated carbocycles. The van der Waals surface area contributed by atoms with Crippen molar-refractivity contribution < 1.29 is 13.6 Å². The molecule has 3 rings (SSSR count). The lowest BCUT2D eigenvalue weighted by Crippen LogP contribution is -2.15. The van der Waals surface area contributed by atoms with Crippen molar-refractivity contribution in [3.05, 3.63) is 76.7 Å². The molecule has 0 aliphatic heterocycles. The van der Waals surface area contributed by atoms with Gasteiger partial charge in [-0.05, 0) is 42.8 Å². The third kappa shape index (κ3) is 4.12. The first-order valence-electron chi connectivity index (χ1n) is 7.54. The molecule has 5 nitrogen and oxygen atoms in total. The summed E-state index contributed by atoms with van der Waals surface area (Å²) in [5.41, 5.74) is 1.85. The van der Waals surface area contributed by atoms with Crippen molar-refractivity contribution in [2.45, 2.75) is 6.92 Å². The van der Waals surface area contributed by atoms with E-state index in [0.29, 0.717) is 16.4 Å². The summed E-state index contributed by atoms with van der Waals surface area (Å²) in [6, 6.07) is 8.47. The summed E-state index contributed by atoms with van der Waals surface area (Å²) in [6.07, 6.45) is 2.60. The zero-order valence-corrected chi connectivity index (χ0v) is 14.3. The van der Waals surface area contributed by atoms with E-state index < -0.39 is 17.5 Å². The van der Waals surface area contributed by atoms with Gasteiger partial charge < -0.3 is 10.6 Å². The molecule has 26 heavy (non-hydrogen) atoms. The molecule has 0 fully saturated rings. The van der Waals surface area contributed by atoms with Crippen molar-refractivity contribution in [2.24, 2.45) is 0 Å². The highest BCUT2D eigenvalue weighted by molar-refractivity contribution is 6.30. The van der Waals surface area contributed by atoms with Gasteiger partial charge in [0.15, 0.2) is 11.6 Å². The lowest BCUT2D eigenvalue weighted by Gasteiger charge is -2.09. The maximum absolute atomic E-state index is 13.2. The normalized spacial score (nSPS) is 10.5. The Labute approximate surface area is 153 Å². The van der Waals surface area contributed by atoms with Crippen LogP contribution in [0.2, 0.25) is 5.02 Å². The molecule has 1 amide bonds. The van der Waals surface area contributed by atoms with E-state index in [-0.39, 0.29) is 11.5 Å². The number of benzene rings is 2. The van der Waals surface area contributed by atoms with Gasteiger partial charge in [0.25, 0.3) is 5.91 Å². The van der Waals surface area contributed by atoms with Crippen LogP contribution in [-0.2, 0) is 0 Å². The minimum atomic E-state index is -0.975. The number of hydrogen-bond acceptors (Lipinski definition) is 4. The highest BCUT2D eigenvalue weighted by Crippen LogP contribution is 2.20. The minimum Gasteiger partial charge on any atom is -0.339 e. The second-order valence-electron chi connectivity index (χ2n) is 5.45. The molecule has 0 saturated heterocycles. The fraction of sp³-hybridized carbons (Fsp3) is 0.0556. The largest absolute Gasteiger partial charge is 0.339 e. The number of hydrogen-bond donors (Lipinski definition) is 2. The van der Waals surface area contributed by atoms with Crippen LogP contribution in [0.1, 0.15) is 16.1 Å². The number of amides is 1. The molecule has 0 spiro atoms. The highest BCUT2D eigenvalue weighted by atomic mass is 35.5. The number of rotatable bonds is 4. The third-order valence-corrected chi connectivity index (χ3v) is 3.75. The molecule has 2 N–H and O–H groups in total. The second kappa shape index (κ2) is 7.45. The Bertz CT molecular complexity index is 964. The number of nitrogens with zero attached hydrogens (tertiary/aromatic N) is 2. The molecule has 1 heterocycles.